The van der Waals surface area contributed by atoms with E-state index >= 15 is 0 Å². The molecule has 5 nitrogen and oxygen atoms in total. The van der Waals surface area contributed by atoms with Gasteiger partial charge in [0.1, 0.15) is 0 Å². The highest BCUT2D eigenvalue weighted by atomic mass is 32.1. The van der Waals surface area contributed by atoms with Crippen molar-refractivity contribution in [1.82, 2.24) is 9.88 Å². The molecule has 1 amide bonds. The topological polar surface area (TPSA) is 54.5 Å². The number of hydrogen-bond donors (Lipinski definition) is 1. The third-order valence-electron chi connectivity index (χ3n) is 4.59. The van der Waals surface area contributed by atoms with E-state index in [1.54, 1.807) is 11.3 Å². The molecule has 6 heteroatoms. The van der Waals surface area contributed by atoms with Crippen LogP contribution in [-0.2, 0) is 29.0 Å². The molecule has 0 aliphatic carbocycles. The summed E-state index contributed by atoms with van der Waals surface area (Å²) in [6, 6.07) is 10.5. The molecule has 2 aromatic rings. The number of carbonyl (C=O) groups excluding carboxylic acids is 1. The maximum absolute atomic E-state index is 12.2. The fraction of sp³-hybridized carbons (Fsp3) is 0.444. The van der Waals surface area contributed by atoms with Crippen LogP contribution in [0.25, 0.3) is 0 Å². The number of anilines is 1. The van der Waals surface area contributed by atoms with Crippen molar-refractivity contribution < 1.29 is 9.53 Å². The van der Waals surface area contributed by atoms with Gasteiger partial charge >= 0.3 is 0 Å². The molecule has 0 spiro atoms. The highest BCUT2D eigenvalue weighted by Gasteiger charge is 2.26. The zero-order valence-corrected chi connectivity index (χ0v) is 14.3. The molecule has 4 rings (SSSR count). The lowest BCUT2D eigenvalue weighted by atomic mass is 10.1. The maximum atomic E-state index is 12.2. The molecule has 0 radical (unpaired) electrons. The molecule has 0 saturated carbocycles. The van der Waals surface area contributed by atoms with Crippen LogP contribution < -0.4 is 5.32 Å². The van der Waals surface area contributed by atoms with Gasteiger partial charge < -0.3 is 10.1 Å². The number of fused-ring (bicyclic) bond motifs is 1. The molecular weight excluding hydrogens is 322 g/mol. The second-order valence-corrected chi connectivity index (χ2v) is 7.47. The van der Waals surface area contributed by atoms with E-state index in [4.69, 9.17) is 4.74 Å². The zero-order valence-electron chi connectivity index (χ0n) is 13.5. The van der Waals surface area contributed by atoms with Gasteiger partial charge in [0, 0.05) is 37.5 Å². The van der Waals surface area contributed by atoms with Gasteiger partial charge in [-0.3, -0.25) is 9.69 Å². The zero-order chi connectivity index (χ0) is 16.4. The Morgan fingerprint density at radius 3 is 3.04 bits per heavy atom. The Bertz CT molecular complexity index is 710. The molecule has 126 valence electrons. The SMILES string of the molecule is O=C(Nc1nc2c(s1)CN(Cc1ccccc1)CC2)C1CCOC1. The first kappa shape index (κ1) is 15.7. The Kier molecular flexibility index (Phi) is 4.60. The summed E-state index contributed by atoms with van der Waals surface area (Å²) in [6.45, 7) is 4.09. The summed E-state index contributed by atoms with van der Waals surface area (Å²) in [5, 5.41) is 3.71. The lowest BCUT2D eigenvalue weighted by Gasteiger charge is -2.25. The maximum Gasteiger partial charge on any atom is 0.231 e. The van der Waals surface area contributed by atoms with Crippen molar-refractivity contribution in [3.05, 3.63) is 46.5 Å². The summed E-state index contributed by atoms with van der Waals surface area (Å²) in [4.78, 5) is 20.5. The third-order valence-corrected chi connectivity index (χ3v) is 5.59. The molecule has 1 unspecified atom stereocenters. The summed E-state index contributed by atoms with van der Waals surface area (Å²) in [7, 11) is 0. The Morgan fingerprint density at radius 2 is 2.25 bits per heavy atom. The normalized spacial score (nSPS) is 20.8. The molecule has 1 aromatic carbocycles. The molecule has 1 fully saturated rings. The quantitative estimate of drug-likeness (QED) is 0.927. The van der Waals surface area contributed by atoms with Gasteiger partial charge in [-0.15, -0.1) is 11.3 Å². The summed E-state index contributed by atoms with van der Waals surface area (Å²) in [6.07, 6.45) is 1.75. The number of thiazole rings is 1. The number of nitrogens with one attached hydrogen (secondary N) is 1. The van der Waals surface area contributed by atoms with Gasteiger partial charge in [0.15, 0.2) is 5.13 Å². The number of aromatic nitrogens is 1. The van der Waals surface area contributed by atoms with Crippen LogP contribution in [0.4, 0.5) is 5.13 Å². The number of benzene rings is 1. The van der Waals surface area contributed by atoms with Crippen LogP contribution >= 0.6 is 11.3 Å². The van der Waals surface area contributed by atoms with Crippen molar-refractivity contribution in [2.24, 2.45) is 5.92 Å². The van der Waals surface area contributed by atoms with Gasteiger partial charge in [-0.2, -0.15) is 0 Å². The number of nitrogens with zero attached hydrogens (tertiary/aromatic N) is 2. The molecule has 3 heterocycles. The number of amides is 1. The number of rotatable bonds is 4. The largest absolute Gasteiger partial charge is 0.381 e. The summed E-state index contributed by atoms with van der Waals surface area (Å²) < 4.78 is 5.28. The summed E-state index contributed by atoms with van der Waals surface area (Å²) in [5.41, 5.74) is 2.47. The number of hydrogen-bond acceptors (Lipinski definition) is 5. The van der Waals surface area contributed by atoms with Gasteiger partial charge in [0.2, 0.25) is 5.91 Å². The van der Waals surface area contributed by atoms with Crippen LogP contribution in [0.2, 0.25) is 0 Å². The minimum absolute atomic E-state index is 0.0273. The van der Waals surface area contributed by atoms with Crippen LogP contribution in [0.15, 0.2) is 30.3 Å². The third kappa shape index (κ3) is 3.50. The predicted molar refractivity (Wildman–Crippen MR) is 93.9 cm³/mol. The number of ether oxygens (including phenoxy) is 1. The van der Waals surface area contributed by atoms with E-state index < -0.39 is 0 Å². The van der Waals surface area contributed by atoms with Crippen LogP contribution in [0.1, 0.15) is 22.6 Å². The van der Waals surface area contributed by atoms with E-state index in [9.17, 15) is 4.79 Å². The molecule has 1 N–H and O–H groups in total. The number of carbonyl (C=O) groups is 1. The molecule has 2 aliphatic rings. The van der Waals surface area contributed by atoms with Crippen LogP contribution in [0, 0.1) is 5.92 Å². The lowest BCUT2D eigenvalue weighted by molar-refractivity contribution is -0.119. The van der Waals surface area contributed by atoms with Gasteiger partial charge in [0.05, 0.1) is 18.2 Å². The molecule has 1 saturated heterocycles. The Balaban J connectivity index is 1.39. The van der Waals surface area contributed by atoms with Crippen LogP contribution in [-0.4, -0.2) is 35.5 Å². The first-order valence-corrected chi connectivity index (χ1v) is 9.23. The average molecular weight is 343 g/mol. The van der Waals surface area contributed by atoms with E-state index in [2.05, 4.69) is 39.5 Å². The van der Waals surface area contributed by atoms with Crippen molar-refractivity contribution >= 4 is 22.4 Å². The molecule has 1 atom stereocenters. The van der Waals surface area contributed by atoms with Crippen molar-refractivity contribution in [3.8, 4) is 0 Å². The fourth-order valence-corrected chi connectivity index (χ4v) is 4.28. The Morgan fingerprint density at radius 1 is 1.38 bits per heavy atom. The van der Waals surface area contributed by atoms with Crippen LogP contribution in [0.3, 0.4) is 0 Å². The lowest BCUT2D eigenvalue weighted by Crippen LogP contribution is -2.29. The van der Waals surface area contributed by atoms with Crippen molar-refractivity contribution in [1.29, 1.82) is 0 Å². The van der Waals surface area contributed by atoms with Crippen molar-refractivity contribution in [2.75, 3.05) is 25.1 Å². The van der Waals surface area contributed by atoms with E-state index in [0.29, 0.717) is 13.2 Å². The van der Waals surface area contributed by atoms with Gasteiger partial charge in [-0.1, -0.05) is 30.3 Å². The standard InChI is InChI=1S/C18H21N3O2S/c22-17(14-7-9-23-12-14)20-18-19-15-6-8-21(11-16(15)24-18)10-13-4-2-1-3-5-13/h1-5,14H,6-12H2,(H,19,20,22). The van der Waals surface area contributed by atoms with E-state index in [-0.39, 0.29) is 11.8 Å². The Labute approximate surface area is 145 Å². The first-order chi connectivity index (χ1) is 11.8. The van der Waals surface area contributed by atoms with Crippen molar-refractivity contribution in [2.45, 2.75) is 25.9 Å². The molecule has 0 bridgehead atoms. The minimum Gasteiger partial charge on any atom is -0.381 e. The molecule has 1 aromatic heterocycles. The molecule has 24 heavy (non-hydrogen) atoms. The highest BCUT2D eigenvalue weighted by molar-refractivity contribution is 7.15. The van der Waals surface area contributed by atoms with Gasteiger partial charge in [-0.25, -0.2) is 4.98 Å². The second kappa shape index (κ2) is 7.01. The van der Waals surface area contributed by atoms with E-state index in [1.165, 1.54) is 10.4 Å². The highest BCUT2D eigenvalue weighted by Crippen LogP contribution is 2.29. The van der Waals surface area contributed by atoms with Gasteiger partial charge in [-0.05, 0) is 12.0 Å². The summed E-state index contributed by atoms with van der Waals surface area (Å²) in [5.74, 6) is 0.0141. The minimum atomic E-state index is -0.0273. The predicted octanol–water partition coefficient (Wildman–Crippen LogP) is 2.68. The monoisotopic (exact) mass is 343 g/mol. The Hall–Kier alpha value is -1.76. The molecular formula is C18H21N3O2S. The van der Waals surface area contributed by atoms with Crippen molar-refractivity contribution in [3.63, 3.8) is 0 Å². The molecule has 2 aliphatic heterocycles. The van der Waals surface area contributed by atoms with E-state index in [1.807, 2.05) is 6.07 Å². The average Bonchev–Trinajstić information content (AvgIpc) is 3.24. The van der Waals surface area contributed by atoms with Gasteiger partial charge in [0.25, 0.3) is 0 Å². The first-order valence-electron chi connectivity index (χ1n) is 8.41. The van der Waals surface area contributed by atoms with E-state index in [0.717, 1.165) is 43.3 Å². The summed E-state index contributed by atoms with van der Waals surface area (Å²) >= 11 is 1.61. The second-order valence-electron chi connectivity index (χ2n) is 6.38. The fourth-order valence-electron chi connectivity index (χ4n) is 3.23. The smallest absolute Gasteiger partial charge is 0.231 e. The van der Waals surface area contributed by atoms with Crippen LogP contribution in [0.5, 0.6) is 0 Å².